The number of benzene rings is 1. The molecule has 134 valence electrons. The van der Waals surface area contributed by atoms with E-state index in [4.69, 9.17) is 23.2 Å². The van der Waals surface area contributed by atoms with Crippen molar-refractivity contribution in [2.45, 2.75) is 25.8 Å². The van der Waals surface area contributed by atoms with Crippen LogP contribution in [-0.4, -0.2) is 30.9 Å². The lowest BCUT2D eigenvalue weighted by molar-refractivity contribution is -0.118. The third-order valence-corrected chi connectivity index (χ3v) is 4.63. The maximum atomic E-state index is 12.5. The highest BCUT2D eigenvalue weighted by atomic mass is 35.5. The molecule has 0 atom stereocenters. The summed E-state index contributed by atoms with van der Waals surface area (Å²) in [6, 6.07) is 4.92. The Morgan fingerprint density at radius 2 is 1.84 bits per heavy atom. The third kappa shape index (κ3) is 5.08. The Morgan fingerprint density at radius 3 is 2.40 bits per heavy atom. The fraction of sp³-hybridized carbons (Fsp3) is 0.333. The van der Waals surface area contributed by atoms with Crippen molar-refractivity contribution < 1.29 is 9.59 Å². The number of allylic oxidation sites excluding steroid dienone is 1. The van der Waals surface area contributed by atoms with Crippen molar-refractivity contribution in [1.82, 2.24) is 16.0 Å². The monoisotopic (exact) mass is 381 g/mol. The van der Waals surface area contributed by atoms with Crippen LogP contribution in [0.25, 0.3) is 0 Å². The van der Waals surface area contributed by atoms with Gasteiger partial charge in [0.2, 0.25) is 0 Å². The molecule has 0 radical (unpaired) electrons. The van der Waals surface area contributed by atoms with Gasteiger partial charge >= 0.3 is 0 Å². The van der Waals surface area contributed by atoms with Crippen molar-refractivity contribution >= 4 is 35.0 Å². The number of hydrogen-bond donors (Lipinski definition) is 3. The molecule has 0 aromatic heterocycles. The van der Waals surface area contributed by atoms with E-state index < -0.39 is 5.91 Å². The summed E-state index contributed by atoms with van der Waals surface area (Å²) in [6.07, 6.45) is 3.35. The molecule has 0 saturated carbocycles. The molecule has 0 unspecified atom stereocenters. The van der Waals surface area contributed by atoms with Gasteiger partial charge in [-0.1, -0.05) is 41.9 Å². The number of halogens is 2. The molecule has 0 aliphatic carbocycles. The minimum Gasteiger partial charge on any atom is -0.349 e. The van der Waals surface area contributed by atoms with E-state index in [-0.39, 0.29) is 33.1 Å². The number of piperidine rings is 1. The quantitative estimate of drug-likeness (QED) is 0.542. The molecule has 1 aliphatic heterocycles. The van der Waals surface area contributed by atoms with Crippen LogP contribution in [0.4, 0.5) is 0 Å². The topological polar surface area (TPSA) is 70.2 Å². The zero-order valence-electron chi connectivity index (χ0n) is 14.0. The highest BCUT2D eigenvalue weighted by molar-refractivity contribution is 6.39. The van der Waals surface area contributed by atoms with Gasteiger partial charge in [0.05, 0.1) is 21.2 Å². The maximum Gasteiger partial charge on any atom is 0.258 e. The van der Waals surface area contributed by atoms with Crippen molar-refractivity contribution in [2.24, 2.45) is 0 Å². The second-order valence-corrected chi connectivity index (χ2v) is 6.54. The third-order valence-electron chi connectivity index (χ3n) is 4.00. The van der Waals surface area contributed by atoms with E-state index in [1.54, 1.807) is 31.2 Å². The second-order valence-electron chi connectivity index (χ2n) is 5.73. The summed E-state index contributed by atoms with van der Waals surface area (Å²) in [5.41, 5.74) is 0.682. The van der Waals surface area contributed by atoms with Crippen molar-refractivity contribution in [1.29, 1.82) is 0 Å². The van der Waals surface area contributed by atoms with E-state index in [9.17, 15) is 9.59 Å². The lowest BCUT2D eigenvalue weighted by Gasteiger charge is -2.24. The van der Waals surface area contributed by atoms with Crippen LogP contribution < -0.4 is 16.0 Å². The zero-order chi connectivity index (χ0) is 18.4. The minimum atomic E-state index is -0.487. The van der Waals surface area contributed by atoms with Crippen molar-refractivity contribution in [3.8, 4) is 0 Å². The predicted molar refractivity (Wildman–Crippen MR) is 101 cm³/mol. The Labute approximate surface area is 157 Å². The number of hydrogen-bond acceptors (Lipinski definition) is 3. The smallest absolute Gasteiger partial charge is 0.258 e. The van der Waals surface area contributed by atoms with Crippen LogP contribution in [0.2, 0.25) is 10.0 Å². The van der Waals surface area contributed by atoms with Gasteiger partial charge in [0.1, 0.15) is 0 Å². The van der Waals surface area contributed by atoms with Crippen LogP contribution in [0.1, 0.15) is 30.1 Å². The Kier molecular flexibility index (Phi) is 7.05. The number of carbonyl (C=O) groups is 2. The first-order chi connectivity index (χ1) is 11.9. The highest BCUT2D eigenvalue weighted by Gasteiger charge is 2.21. The average Bonchev–Trinajstić information content (AvgIpc) is 2.59. The van der Waals surface area contributed by atoms with Crippen molar-refractivity contribution in [3.05, 3.63) is 57.7 Å². The van der Waals surface area contributed by atoms with Crippen LogP contribution in [0, 0.1) is 0 Å². The Morgan fingerprint density at radius 1 is 1.24 bits per heavy atom. The van der Waals surface area contributed by atoms with Gasteiger partial charge in [-0.2, -0.15) is 0 Å². The number of amides is 2. The molecular weight excluding hydrogens is 361 g/mol. The molecule has 1 aromatic carbocycles. The minimum absolute atomic E-state index is 0.109. The molecule has 7 heteroatoms. The fourth-order valence-electron chi connectivity index (χ4n) is 2.58. The summed E-state index contributed by atoms with van der Waals surface area (Å²) in [5.74, 6) is -0.787. The second kappa shape index (κ2) is 9.04. The molecule has 5 nitrogen and oxygen atoms in total. The molecule has 25 heavy (non-hydrogen) atoms. The molecule has 2 amide bonds. The number of carbonyl (C=O) groups excluding carboxylic acids is 2. The lowest BCUT2D eigenvalue weighted by atomic mass is 10.1. The molecule has 1 saturated heterocycles. The molecule has 1 fully saturated rings. The highest BCUT2D eigenvalue weighted by Crippen LogP contribution is 2.24. The first-order valence-corrected chi connectivity index (χ1v) is 8.82. The largest absolute Gasteiger partial charge is 0.349 e. The summed E-state index contributed by atoms with van der Waals surface area (Å²) in [5, 5.41) is 9.33. The first-order valence-electron chi connectivity index (χ1n) is 8.06. The van der Waals surface area contributed by atoms with Gasteiger partial charge < -0.3 is 16.0 Å². The molecular formula is C18H21Cl2N3O2. The normalized spacial score (nSPS) is 15.6. The fourth-order valence-corrected chi connectivity index (χ4v) is 3.15. The average molecular weight is 382 g/mol. The molecule has 0 spiro atoms. The maximum absolute atomic E-state index is 12.5. The summed E-state index contributed by atoms with van der Waals surface area (Å²) >= 11 is 12.1. The lowest BCUT2D eigenvalue weighted by Crippen LogP contribution is -2.43. The Hall–Kier alpha value is -1.82. The molecule has 2 rings (SSSR count). The van der Waals surface area contributed by atoms with Gasteiger partial charge in [0, 0.05) is 11.7 Å². The molecule has 1 heterocycles. The SMILES string of the molecule is C=C(C(=O)NC1CCNCC1)/C(=C\C)NC(=O)c1c(Cl)cccc1Cl. The van der Waals surface area contributed by atoms with Crippen molar-refractivity contribution in [3.63, 3.8) is 0 Å². The number of rotatable bonds is 5. The summed E-state index contributed by atoms with van der Waals surface area (Å²) < 4.78 is 0. The molecule has 1 aliphatic rings. The van der Waals surface area contributed by atoms with E-state index in [0.29, 0.717) is 5.70 Å². The standard InChI is InChI=1S/C18H21Cl2N3O2/c1-3-15(11(2)17(24)22-12-7-9-21-10-8-12)23-18(25)16-13(19)5-4-6-14(16)20/h3-6,12,21H,2,7-10H2,1H3,(H,22,24)(H,23,25)/b15-3+. The summed E-state index contributed by atoms with van der Waals surface area (Å²) in [4.78, 5) is 24.9. The van der Waals surface area contributed by atoms with Gasteiger partial charge in [0.25, 0.3) is 11.8 Å². The predicted octanol–water partition coefficient (Wildman–Crippen LogP) is 3.05. The molecule has 1 aromatic rings. The summed E-state index contributed by atoms with van der Waals surface area (Å²) in [7, 11) is 0. The van der Waals surface area contributed by atoms with E-state index in [2.05, 4.69) is 22.5 Å². The molecule has 3 N–H and O–H groups in total. The number of nitrogens with one attached hydrogen (secondary N) is 3. The zero-order valence-corrected chi connectivity index (χ0v) is 15.5. The van der Waals surface area contributed by atoms with Gasteiger partial charge in [-0.25, -0.2) is 0 Å². The Balaban J connectivity index is 2.04. The van der Waals surface area contributed by atoms with Gasteiger partial charge in [-0.05, 0) is 45.0 Å². The summed E-state index contributed by atoms with van der Waals surface area (Å²) in [6.45, 7) is 7.26. The van der Waals surface area contributed by atoms with E-state index >= 15 is 0 Å². The first kappa shape index (κ1) is 19.5. The van der Waals surface area contributed by atoms with E-state index in [1.165, 1.54) is 0 Å². The van der Waals surface area contributed by atoms with Crippen LogP contribution >= 0.6 is 23.2 Å². The van der Waals surface area contributed by atoms with Crippen molar-refractivity contribution in [2.75, 3.05) is 13.1 Å². The van der Waals surface area contributed by atoms with Crippen LogP contribution in [0.5, 0.6) is 0 Å². The van der Waals surface area contributed by atoms with Crippen LogP contribution in [0.3, 0.4) is 0 Å². The van der Waals surface area contributed by atoms with Crippen LogP contribution in [0.15, 0.2) is 42.1 Å². The van der Waals surface area contributed by atoms with Gasteiger partial charge in [0.15, 0.2) is 0 Å². The van der Waals surface area contributed by atoms with Gasteiger partial charge in [-0.15, -0.1) is 0 Å². The van der Waals surface area contributed by atoms with Gasteiger partial charge in [-0.3, -0.25) is 9.59 Å². The van der Waals surface area contributed by atoms with E-state index in [0.717, 1.165) is 25.9 Å². The molecule has 0 bridgehead atoms. The van der Waals surface area contributed by atoms with Crippen LogP contribution in [-0.2, 0) is 4.79 Å². The van der Waals surface area contributed by atoms with E-state index in [1.807, 2.05) is 0 Å². The Bertz CT molecular complexity index is 690.